The fourth-order valence-electron chi connectivity index (χ4n) is 2.15. The van der Waals surface area contributed by atoms with Gasteiger partial charge < -0.3 is 10.1 Å². The fourth-order valence-corrected chi connectivity index (χ4v) is 2.15. The van der Waals surface area contributed by atoms with Crippen LogP contribution in [0.2, 0.25) is 0 Å². The second kappa shape index (κ2) is 4.92. The Hall–Kier alpha value is -2.43. The lowest BCUT2D eigenvalue weighted by Gasteiger charge is -2.11. The molecule has 0 radical (unpaired) electrons. The first-order valence-electron chi connectivity index (χ1n) is 6.12. The summed E-state index contributed by atoms with van der Waals surface area (Å²) in [5, 5.41) is 2.74. The minimum absolute atomic E-state index is 0.256. The maximum absolute atomic E-state index is 13.2. The van der Waals surface area contributed by atoms with Crippen LogP contribution >= 0.6 is 0 Å². The zero-order chi connectivity index (χ0) is 14.1. The Bertz CT molecular complexity index is 655. The number of carbonyl (C=O) groups is 1. The van der Waals surface area contributed by atoms with Gasteiger partial charge in [0, 0.05) is 11.1 Å². The van der Waals surface area contributed by atoms with Gasteiger partial charge in [-0.1, -0.05) is 0 Å². The molecule has 1 amide bonds. The van der Waals surface area contributed by atoms with Gasteiger partial charge in [0.25, 0.3) is 5.91 Å². The molecule has 0 saturated heterocycles. The molecule has 1 N–H and O–H groups in total. The average Bonchev–Trinajstić information content (AvgIpc) is 2.82. The molecule has 3 nitrogen and oxygen atoms in total. The number of rotatable bonds is 2. The van der Waals surface area contributed by atoms with Crippen LogP contribution < -0.4 is 10.1 Å². The van der Waals surface area contributed by atoms with Crippen LogP contribution in [0.15, 0.2) is 42.5 Å². The number of halogens is 2. The molecule has 2 aromatic carbocycles. The van der Waals surface area contributed by atoms with E-state index < -0.39 is 11.9 Å². The molecule has 2 aromatic rings. The van der Waals surface area contributed by atoms with Crippen LogP contribution in [0.1, 0.15) is 22.0 Å². The SMILES string of the molecule is O=C(NC1COc2ccc(F)cc21)c1ccc(F)cc1. The van der Waals surface area contributed by atoms with Gasteiger partial charge in [-0.05, 0) is 42.5 Å². The van der Waals surface area contributed by atoms with Crippen molar-refractivity contribution in [3.8, 4) is 5.75 Å². The van der Waals surface area contributed by atoms with Gasteiger partial charge in [0.1, 0.15) is 24.0 Å². The highest BCUT2D eigenvalue weighted by Crippen LogP contribution is 2.32. The van der Waals surface area contributed by atoms with Crippen molar-refractivity contribution in [2.45, 2.75) is 6.04 Å². The van der Waals surface area contributed by atoms with E-state index in [-0.39, 0.29) is 18.3 Å². The molecule has 5 heteroatoms. The molecule has 0 saturated carbocycles. The first kappa shape index (κ1) is 12.6. The van der Waals surface area contributed by atoms with Crippen molar-refractivity contribution in [3.05, 3.63) is 65.2 Å². The van der Waals surface area contributed by atoms with E-state index in [1.807, 2.05) is 0 Å². The topological polar surface area (TPSA) is 38.3 Å². The van der Waals surface area contributed by atoms with E-state index in [1.165, 1.54) is 42.5 Å². The van der Waals surface area contributed by atoms with Gasteiger partial charge >= 0.3 is 0 Å². The van der Waals surface area contributed by atoms with Crippen LogP contribution in [0, 0.1) is 11.6 Å². The van der Waals surface area contributed by atoms with Crippen molar-refractivity contribution in [2.24, 2.45) is 0 Å². The fraction of sp³-hybridized carbons (Fsp3) is 0.133. The molecule has 3 rings (SSSR count). The first-order valence-corrected chi connectivity index (χ1v) is 6.12. The smallest absolute Gasteiger partial charge is 0.251 e. The van der Waals surface area contributed by atoms with Crippen molar-refractivity contribution in [2.75, 3.05) is 6.61 Å². The molecule has 0 bridgehead atoms. The third-order valence-electron chi connectivity index (χ3n) is 3.16. The van der Waals surface area contributed by atoms with E-state index in [9.17, 15) is 13.6 Å². The van der Waals surface area contributed by atoms with Gasteiger partial charge in [-0.15, -0.1) is 0 Å². The van der Waals surface area contributed by atoms with Gasteiger partial charge in [-0.3, -0.25) is 4.79 Å². The van der Waals surface area contributed by atoms with Gasteiger partial charge in [-0.2, -0.15) is 0 Å². The highest BCUT2D eigenvalue weighted by atomic mass is 19.1. The molecule has 1 heterocycles. The molecule has 0 fully saturated rings. The third-order valence-corrected chi connectivity index (χ3v) is 3.16. The van der Waals surface area contributed by atoms with E-state index >= 15 is 0 Å². The normalized spacial score (nSPS) is 16.4. The van der Waals surface area contributed by atoms with Crippen LogP contribution in [-0.2, 0) is 0 Å². The van der Waals surface area contributed by atoms with E-state index in [1.54, 1.807) is 0 Å². The summed E-state index contributed by atoms with van der Waals surface area (Å²) in [5.74, 6) is -0.569. The molecule has 102 valence electrons. The summed E-state index contributed by atoms with van der Waals surface area (Å²) in [6.07, 6.45) is 0. The third kappa shape index (κ3) is 2.34. The molecule has 1 atom stereocenters. The van der Waals surface area contributed by atoms with Gasteiger partial charge in [0.05, 0.1) is 6.04 Å². The maximum atomic E-state index is 13.2. The molecule has 0 aliphatic carbocycles. The standard InChI is InChI=1S/C15H11F2NO2/c16-10-3-1-9(2-4-10)15(19)18-13-8-20-14-6-5-11(17)7-12(13)14/h1-7,13H,8H2,(H,18,19). The van der Waals surface area contributed by atoms with Crippen LogP contribution in [-0.4, -0.2) is 12.5 Å². The zero-order valence-electron chi connectivity index (χ0n) is 10.4. The molecule has 20 heavy (non-hydrogen) atoms. The molecule has 1 aliphatic heterocycles. The monoisotopic (exact) mass is 275 g/mol. The van der Waals surface area contributed by atoms with Gasteiger partial charge in [0.2, 0.25) is 0 Å². The zero-order valence-corrected chi connectivity index (χ0v) is 10.4. The lowest BCUT2D eigenvalue weighted by Crippen LogP contribution is -2.29. The molecular formula is C15H11F2NO2. The number of amides is 1. The number of benzene rings is 2. The van der Waals surface area contributed by atoms with Crippen molar-refractivity contribution in [1.29, 1.82) is 0 Å². The van der Waals surface area contributed by atoms with Gasteiger partial charge in [0.15, 0.2) is 0 Å². The molecule has 1 unspecified atom stereocenters. The van der Waals surface area contributed by atoms with E-state index in [0.29, 0.717) is 16.9 Å². The average molecular weight is 275 g/mol. The van der Waals surface area contributed by atoms with Crippen molar-refractivity contribution in [1.82, 2.24) is 5.32 Å². The van der Waals surface area contributed by atoms with E-state index in [4.69, 9.17) is 4.74 Å². The highest BCUT2D eigenvalue weighted by molar-refractivity contribution is 5.94. The first-order chi connectivity index (χ1) is 9.63. The lowest BCUT2D eigenvalue weighted by molar-refractivity contribution is 0.0930. The number of hydrogen-bond acceptors (Lipinski definition) is 2. The Kier molecular flexibility index (Phi) is 3.10. The molecule has 1 aliphatic rings. The van der Waals surface area contributed by atoms with Crippen LogP contribution in [0.5, 0.6) is 5.75 Å². The molecule has 0 aromatic heterocycles. The van der Waals surface area contributed by atoms with Crippen molar-refractivity contribution < 1.29 is 18.3 Å². The summed E-state index contributed by atoms with van der Waals surface area (Å²) in [7, 11) is 0. The summed E-state index contributed by atoms with van der Waals surface area (Å²) in [4.78, 5) is 12.0. The largest absolute Gasteiger partial charge is 0.491 e. The number of fused-ring (bicyclic) bond motifs is 1. The summed E-state index contributed by atoms with van der Waals surface area (Å²) < 4.78 is 31.4. The number of ether oxygens (including phenoxy) is 1. The van der Waals surface area contributed by atoms with Gasteiger partial charge in [-0.25, -0.2) is 8.78 Å². The quantitative estimate of drug-likeness (QED) is 0.915. The van der Waals surface area contributed by atoms with E-state index in [2.05, 4.69) is 5.32 Å². The maximum Gasteiger partial charge on any atom is 0.251 e. The Morgan fingerprint density at radius 1 is 1.10 bits per heavy atom. The minimum atomic E-state index is -0.404. The van der Waals surface area contributed by atoms with Crippen molar-refractivity contribution in [3.63, 3.8) is 0 Å². The molecular weight excluding hydrogens is 264 g/mol. The predicted molar refractivity (Wildman–Crippen MR) is 68.5 cm³/mol. The lowest BCUT2D eigenvalue weighted by atomic mass is 10.1. The summed E-state index contributed by atoms with van der Waals surface area (Å²) in [5.41, 5.74) is 0.955. The highest BCUT2D eigenvalue weighted by Gasteiger charge is 2.26. The molecule has 0 spiro atoms. The van der Waals surface area contributed by atoms with Crippen LogP contribution in [0.25, 0.3) is 0 Å². The number of hydrogen-bond donors (Lipinski definition) is 1. The second-order valence-corrected chi connectivity index (χ2v) is 4.53. The summed E-state index contributed by atoms with van der Waals surface area (Å²) >= 11 is 0. The predicted octanol–water partition coefficient (Wildman–Crippen LogP) is 2.83. The van der Waals surface area contributed by atoms with Crippen LogP contribution in [0.4, 0.5) is 8.78 Å². The number of carbonyl (C=O) groups excluding carboxylic acids is 1. The Morgan fingerprint density at radius 3 is 2.55 bits per heavy atom. The Morgan fingerprint density at radius 2 is 1.80 bits per heavy atom. The Labute approximate surface area is 114 Å². The minimum Gasteiger partial charge on any atom is -0.491 e. The van der Waals surface area contributed by atoms with Crippen LogP contribution in [0.3, 0.4) is 0 Å². The summed E-state index contributed by atoms with van der Waals surface area (Å²) in [6.45, 7) is 0.256. The Balaban J connectivity index is 1.78. The second-order valence-electron chi connectivity index (χ2n) is 4.53. The number of nitrogens with one attached hydrogen (secondary N) is 1. The van der Waals surface area contributed by atoms with Crippen molar-refractivity contribution >= 4 is 5.91 Å². The van der Waals surface area contributed by atoms with E-state index in [0.717, 1.165) is 0 Å². The summed E-state index contributed by atoms with van der Waals surface area (Å²) in [6, 6.07) is 9.01.